The smallest absolute Gasteiger partial charge is 0.333 e. The Hall–Kier alpha value is -3.57. The van der Waals surface area contributed by atoms with Crippen molar-refractivity contribution in [3.63, 3.8) is 0 Å². The van der Waals surface area contributed by atoms with Gasteiger partial charge in [0.05, 0.1) is 11.5 Å². The molecule has 6 aliphatic rings. The molecule has 2 heterocycles. The molecule has 0 aromatic rings. The number of carbonyl (C=O) groups excluding carboxylic acids is 5. The zero-order valence-electron chi connectivity index (χ0n) is 29.7. The van der Waals surface area contributed by atoms with E-state index >= 15 is 0 Å². The first kappa shape index (κ1) is 35.3. The normalized spacial score (nSPS) is 41.1. The second-order valence-corrected chi connectivity index (χ2v) is 15.2. The van der Waals surface area contributed by atoms with Crippen LogP contribution in [0.1, 0.15) is 81.1 Å². The molecule has 2 saturated carbocycles. The van der Waals surface area contributed by atoms with Crippen molar-refractivity contribution in [2.24, 2.45) is 28.6 Å². The highest BCUT2D eigenvalue weighted by molar-refractivity contribution is 5.99. The molecule has 11 unspecified atom stereocenters. The quantitative estimate of drug-likeness (QED) is 0.132. The van der Waals surface area contributed by atoms with Gasteiger partial charge in [-0.15, -0.1) is 0 Å². The number of epoxide rings is 1. The summed E-state index contributed by atoms with van der Waals surface area (Å²) in [6.07, 6.45) is 6.23. The molecule has 11 nitrogen and oxygen atoms in total. The molecule has 4 aliphatic carbocycles. The van der Waals surface area contributed by atoms with E-state index in [9.17, 15) is 29.1 Å². The largest absolute Gasteiger partial charge is 0.458 e. The number of carbonyl (C=O) groups is 5. The topological polar surface area (TPSA) is 149 Å². The van der Waals surface area contributed by atoms with Gasteiger partial charge in [0, 0.05) is 55.5 Å². The lowest BCUT2D eigenvalue weighted by molar-refractivity contribution is -0.225. The number of amides is 1. The van der Waals surface area contributed by atoms with Crippen LogP contribution in [0.5, 0.6) is 0 Å². The van der Waals surface area contributed by atoms with Crippen LogP contribution < -0.4 is 0 Å². The van der Waals surface area contributed by atoms with Gasteiger partial charge in [-0.2, -0.15) is 0 Å². The van der Waals surface area contributed by atoms with Crippen LogP contribution in [0.2, 0.25) is 0 Å². The summed E-state index contributed by atoms with van der Waals surface area (Å²) in [5.74, 6) is -3.28. The van der Waals surface area contributed by atoms with E-state index in [4.69, 9.17) is 18.9 Å². The second-order valence-electron chi connectivity index (χ2n) is 15.2. The molecule has 0 bridgehead atoms. The van der Waals surface area contributed by atoms with E-state index < -0.39 is 70.2 Å². The molecule has 1 saturated heterocycles. The predicted molar refractivity (Wildman–Crippen MR) is 176 cm³/mol. The fraction of sp³-hybridized carbons (Fsp3) is 0.658. The van der Waals surface area contributed by atoms with E-state index in [0.29, 0.717) is 44.3 Å². The van der Waals surface area contributed by atoms with Crippen molar-refractivity contribution in [1.82, 2.24) is 4.90 Å². The third-order valence-corrected chi connectivity index (χ3v) is 13.2. The highest BCUT2D eigenvalue weighted by Crippen LogP contribution is 2.74. The van der Waals surface area contributed by atoms with E-state index in [1.54, 1.807) is 17.9 Å². The summed E-state index contributed by atoms with van der Waals surface area (Å²) < 4.78 is 24.1. The third kappa shape index (κ3) is 4.93. The number of allylic oxidation sites excluding steroid dienone is 1. The molecule has 1 spiro atoms. The number of ether oxygens (including phenoxy) is 4. The van der Waals surface area contributed by atoms with Gasteiger partial charge in [0.2, 0.25) is 5.91 Å². The number of esters is 3. The minimum atomic E-state index is -1.59. The van der Waals surface area contributed by atoms with Gasteiger partial charge in [-0.1, -0.05) is 25.0 Å². The molecule has 11 heteroatoms. The van der Waals surface area contributed by atoms with E-state index in [-0.39, 0.29) is 23.6 Å². The van der Waals surface area contributed by atoms with Crippen LogP contribution in [-0.2, 0) is 42.9 Å². The SMILES string of the molecule is CCN(CC)C(=O)C=CC(=O)OC1C=CC(=O)C2(C)C3CCC4(C)C(C(C)C5CC(C)=C(C)C(=O)O5)=CC(OC(C)=O)C4(O)C3CC3OC132. The molecule has 1 amide bonds. The molecule has 0 aromatic heterocycles. The number of fused-ring (bicyclic) bond motifs is 4. The first-order valence-corrected chi connectivity index (χ1v) is 17.6. The molecule has 0 radical (unpaired) electrons. The van der Waals surface area contributed by atoms with Crippen LogP contribution >= 0.6 is 0 Å². The van der Waals surface area contributed by atoms with Crippen LogP contribution in [0.15, 0.2) is 47.1 Å². The maximum absolute atomic E-state index is 14.0. The van der Waals surface area contributed by atoms with Crippen molar-refractivity contribution in [3.05, 3.63) is 47.1 Å². The average molecular weight is 680 g/mol. The minimum Gasteiger partial charge on any atom is -0.458 e. The number of cyclic esters (lactones) is 1. The van der Waals surface area contributed by atoms with Crippen molar-refractivity contribution in [2.45, 2.75) is 117 Å². The van der Waals surface area contributed by atoms with Crippen molar-refractivity contribution in [2.75, 3.05) is 13.1 Å². The van der Waals surface area contributed by atoms with Gasteiger partial charge in [0.15, 0.2) is 11.9 Å². The standard InChI is InChI=1S/C38H49NO10/c1-9-39(10-2)32(42)13-14-33(43)48-29-12-11-28(41)36(8)24-15-16-35(7)25(22(5)27-17-20(3)21(4)34(44)47-27)18-30(46-23(6)40)37(35,45)26(24)19-31-38(29,36)49-31/h11-14,18,22,24,26-27,29-31,45H,9-10,15-17,19H2,1-8H3. The summed E-state index contributed by atoms with van der Waals surface area (Å²) in [7, 11) is 0. The van der Waals surface area contributed by atoms with Gasteiger partial charge < -0.3 is 29.0 Å². The van der Waals surface area contributed by atoms with Gasteiger partial charge in [0.1, 0.15) is 23.4 Å². The molecular weight excluding hydrogens is 630 g/mol. The number of rotatable bonds is 8. The molecule has 0 aromatic carbocycles. The Morgan fingerprint density at radius 1 is 1.08 bits per heavy atom. The van der Waals surface area contributed by atoms with Crippen molar-refractivity contribution < 1.29 is 48.0 Å². The van der Waals surface area contributed by atoms with Crippen LogP contribution in [-0.4, -0.2) is 88.3 Å². The number of hydrogen-bond donors (Lipinski definition) is 1. The summed E-state index contributed by atoms with van der Waals surface area (Å²) in [6, 6.07) is 0. The first-order chi connectivity index (χ1) is 23.0. The highest BCUT2D eigenvalue weighted by atomic mass is 16.7. The van der Waals surface area contributed by atoms with E-state index in [1.165, 1.54) is 19.1 Å². The van der Waals surface area contributed by atoms with Gasteiger partial charge in [-0.25, -0.2) is 9.59 Å². The Bertz CT molecular complexity index is 1600. The summed E-state index contributed by atoms with van der Waals surface area (Å²) in [6.45, 7) is 15.5. The molecule has 266 valence electrons. The maximum atomic E-state index is 14.0. The fourth-order valence-corrected chi connectivity index (χ4v) is 10.2. The summed E-state index contributed by atoms with van der Waals surface area (Å²) in [5.41, 5.74) is -2.31. The molecule has 11 atom stereocenters. The summed E-state index contributed by atoms with van der Waals surface area (Å²) >= 11 is 0. The lowest BCUT2D eigenvalue weighted by atomic mass is 9.42. The minimum absolute atomic E-state index is 0.174. The van der Waals surface area contributed by atoms with E-state index in [2.05, 4.69) is 0 Å². The van der Waals surface area contributed by atoms with Crippen LogP contribution in [0.3, 0.4) is 0 Å². The molecular formula is C38H49NO10. The molecule has 1 N–H and O–H groups in total. The lowest BCUT2D eigenvalue weighted by Gasteiger charge is -2.61. The zero-order valence-corrected chi connectivity index (χ0v) is 29.7. The molecule has 49 heavy (non-hydrogen) atoms. The van der Waals surface area contributed by atoms with Gasteiger partial charge >= 0.3 is 17.9 Å². The highest BCUT2D eigenvalue weighted by Gasteiger charge is 2.83. The second kappa shape index (κ2) is 12.0. The van der Waals surface area contributed by atoms with Crippen LogP contribution in [0.4, 0.5) is 0 Å². The Kier molecular flexibility index (Phi) is 8.66. The molecule has 3 fully saturated rings. The maximum Gasteiger partial charge on any atom is 0.333 e. The fourth-order valence-electron chi connectivity index (χ4n) is 10.2. The number of aliphatic hydroxyl groups is 1. The average Bonchev–Trinajstić information content (AvgIpc) is 3.74. The van der Waals surface area contributed by atoms with Crippen molar-refractivity contribution in [1.29, 1.82) is 0 Å². The number of likely N-dealkylation sites (N-methyl/N-ethyl adjacent to an activating group) is 1. The number of ketones is 1. The number of nitrogens with zero attached hydrogens (tertiary/aromatic N) is 1. The van der Waals surface area contributed by atoms with Crippen molar-refractivity contribution in [3.8, 4) is 0 Å². The number of hydrogen-bond acceptors (Lipinski definition) is 10. The Morgan fingerprint density at radius 2 is 1.78 bits per heavy atom. The zero-order chi connectivity index (χ0) is 35.8. The monoisotopic (exact) mass is 679 g/mol. The van der Waals surface area contributed by atoms with E-state index in [1.807, 2.05) is 47.6 Å². The van der Waals surface area contributed by atoms with Gasteiger partial charge in [-0.05, 0) is 83.9 Å². The Balaban J connectivity index is 1.31. The predicted octanol–water partition coefficient (Wildman–Crippen LogP) is 3.93. The van der Waals surface area contributed by atoms with Crippen LogP contribution in [0.25, 0.3) is 0 Å². The van der Waals surface area contributed by atoms with Gasteiger partial charge in [-0.3, -0.25) is 14.4 Å². The van der Waals surface area contributed by atoms with Gasteiger partial charge in [0.25, 0.3) is 0 Å². The van der Waals surface area contributed by atoms with Crippen molar-refractivity contribution >= 4 is 29.6 Å². The van der Waals surface area contributed by atoms with E-state index in [0.717, 1.165) is 17.2 Å². The summed E-state index contributed by atoms with van der Waals surface area (Å²) in [5, 5.41) is 13.1. The Morgan fingerprint density at radius 3 is 2.41 bits per heavy atom. The lowest BCUT2D eigenvalue weighted by Crippen LogP contribution is -2.70. The Labute approximate surface area is 287 Å². The van der Waals surface area contributed by atoms with Crippen LogP contribution in [0, 0.1) is 28.6 Å². The summed E-state index contributed by atoms with van der Waals surface area (Å²) in [4.78, 5) is 66.3. The molecule has 6 rings (SSSR count). The molecule has 2 aliphatic heterocycles. The third-order valence-electron chi connectivity index (χ3n) is 13.2. The first-order valence-electron chi connectivity index (χ1n) is 17.6.